The molecule has 0 amide bonds. The van der Waals surface area contributed by atoms with E-state index in [1.807, 2.05) is 32.8 Å². The first kappa shape index (κ1) is 26.0. The van der Waals surface area contributed by atoms with E-state index in [1.165, 1.54) is 0 Å². The van der Waals surface area contributed by atoms with Crippen molar-refractivity contribution in [3.8, 4) is 0 Å². The zero-order valence-corrected chi connectivity index (χ0v) is 22.0. The predicted octanol–water partition coefficient (Wildman–Crippen LogP) is 3.46. The monoisotopic (exact) mass is 483 g/mol. The maximum absolute atomic E-state index is 12.1. The number of carbonyl (C=O) groups is 1. The molecule has 0 N–H and O–H groups in total. The molecular weight excluding hydrogens is 442 g/mol. The summed E-state index contributed by atoms with van der Waals surface area (Å²) < 4.78 is 36.5. The van der Waals surface area contributed by atoms with Crippen molar-refractivity contribution >= 4 is 5.97 Å². The standard InChI is InChI=1S/C25H41NO8/c1-14(2)20(27)29-15-11-22(3,4)26(23(5,6)12-15)28-13-16-17-18(32-24(7,8)31-17)19-21(30-16)34-25(9,10)33-19/h15-19,21H,1,11-13H2,2-10H3/t16-,17+,18+,19-,21-/m1/s1. The Morgan fingerprint density at radius 3 is 2.00 bits per heavy atom. The summed E-state index contributed by atoms with van der Waals surface area (Å²) in [5, 5.41) is 2.01. The number of nitrogens with zero attached hydrogens (tertiary/aromatic N) is 1. The van der Waals surface area contributed by atoms with Gasteiger partial charge < -0.3 is 28.4 Å². The third-order valence-corrected chi connectivity index (χ3v) is 6.79. The van der Waals surface area contributed by atoms with Crippen LogP contribution in [0.3, 0.4) is 0 Å². The van der Waals surface area contributed by atoms with Crippen LogP contribution in [0.25, 0.3) is 0 Å². The Morgan fingerprint density at radius 1 is 0.882 bits per heavy atom. The van der Waals surface area contributed by atoms with Crippen LogP contribution < -0.4 is 0 Å². The Morgan fingerprint density at radius 2 is 1.41 bits per heavy atom. The van der Waals surface area contributed by atoms with Gasteiger partial charge in [-0.25, -0.2) is 4.79 Å². The number of hydrogen-bond donors (Lipinski definition) is 0. The van der Waals surface area contributed by atoms with Crippen LogP contribution in [0.2, 0.25) is 0 Å². The first-order valence-electron chi connectivity index (χ1n) is 12.2. The second-order valence-corrected chi connectivity index (χ2v) is 12.1. The number of esters is 1. The third-order valence-electron chi connectivity index (χ3n) is 6.79. The molecule has 0 aliphatic carbocycles. The second-order valence-electron chi connectivity index (χ2n) is 12.1. The van der Waals surface area contributed by atoms with E-state index in [0.717, 1.165) is 0 Å². The topological polar surface area (TPSA) is 84.9 Å². The van der Waals surface area contributed by atoms with E-state index in [2.05, 4.69) is 34.3 Å². The van der Waals surface area contributed by atoms with Crippen LogP contribution >= 0.6 is 0 Å². The lowest BCUT2D eigenvalue weighted by Gasteiger charge is -2.53. The van der Waals surface area contributed by atoms with Gasteiger partial charge in [0.15, 0.2) is 17.9 Å². The van der Waals surface area contributed by atoms with Gasteiger partial charge in [-0.3, -0.25) is 4.84 Å². The van der Waals surface area contributed by atoms with E-state index < -0.39 is 24.0 Å². The van der Waals surface area contributed by atoms with Crippen LogP contribution in [-0.2, 0) is 38.1 Å². The van der Waals surface area contributed by atoms with Crippen LogP contribution in [0, 0.1) is 0 Å². The van der Waals surface area contributed by atoms with Gasteiger partial charge >= 0.3 is 5.97 Å². The molecule has 0 aromatic rings. The molecule has 4 aliphatic heterocycles. The summed E-state index contributed by atoms with van der Waals surface area (Å²) in [5.74, 6) is -1.88. The molecule has 0 saturated carbocycles. The van der Waals surface area contributed by atoms with Crippen molar-refractivity contribution in [2.45, 2.75) is 135 Å². The van der Waals surface area contributed by atoms with Gasteiger partial charge in [0.2, 0.25) is 0 Å². The molecule has 9 heteroatoms. The van der Waals surface area contributed by atoms with Crippen molar-refractivity contribution in [1.29, 1.82) is 0 Å². The van der Waals surface area contributed by atoms with Crippen molar-refractivity contribution in [2.24, 2.45) is 0 Å². The van der Waals surface area contributed by atoms with Gasteiger partial charge in [0, 0.05) is 29.5 Å². The van der Waals surface area contributed by atoms with E-state index in [0.29, 0.717) is 18.4 Å². The van der Waals surface area contributed by atoms with Crippen LogP contribution in [0.15, 0.2) is 12.2 Å². The number of carbonyl (C=O) groups excluding carboxylic acids is 1. The molecule has 4 saturated heterocycles. The Balaban J connectivity index is 1.46. The minimum atomic E-state index is -0.765. The molecule has 0 radical (unpaired) electrons. The zero-order chi connectivity index (χ0) is 25.3. The van der Waals surface area contributed by atoms with Gasteiger partial charge in [0.25, 0.3) is 0 Å². The highest BCUT2D eigenvalue weighted by Gasteiger charge is 2.61. The second kappa shape index (κ2) is 8.50. The first-order valence-corrected chi connectivity index (χ1v) is 12.2. The van der Waals surface area contributed by atoms with E-state index >= 15 is 0 Å². The summed E-state index contributed by atoms with van der Waals surface area (Å²) in [6.45, 7) is 21.5. The largest absolute Gasteiger partial charge is 0.459 e. The maximum atomic E-state index is 12.1. The van der Waals surface area contributed by atoms with E-state index in [1.54, 1.807) is 6.92 Å². The number of ether oxygens (including phenoxy) is 6. The SMILES string of the molecule is C=C(C)C(=O)OC1CC(C)(C)N(OC[C@H]2O[C@@H]3OC(C)(C)O[C@@H]3[C@H]3OC(C)(C)O[C@H]32)C(C)(C)C1. The van der Waals surface area contributed by atoms with Gasteiger partial charge in [-0.2, -0.15) is 5.06 Å². The first-order chi connectivity index (χ1) is 15.5. The summed E-state index contributed by atoms with van der Waals surface area (Å²) in [5.41, 5.74) is -0.376. The lowest BCUT2D eigenvalue weighted by molar-refractivity contribution is -0.321. The maximum Gasteiger partial charge on any atom is 0.333 e. The fourth-order valence-corrected chi connectivity index (χ4v) is 5.83. The van der Waals surface area contributed by atoms with Crippen LogP contribution in [0.4, 0.5) is 0 Å². The normalized spacial score (nSPS) is 38.2. The smallest absolute Gasteiger partial charge is 0.333 e. The number of fused-ring (bicyclic) bond motifs is 3. The van der Waals surface area contributed by atoms with Crippen LogP contribution in [0.5, 0.6) is 0 Å². The molecule has 4 aliphatic rings. The lowest BCUT2D eigenvalue weighted by atomic mass is 9.80. The van der Waals surface area contributed by atoms with Gasteiger partial charge in [-0.05, 0) is 62.3 Å². The minimum Gasteiger partial charge on any atom is -0.459 e. The van der Waals surface area contributed by atoms with E-state index in [9.17, 15) is 4.79 Å². The Labute approximate surface area is 202 Å². The fraction of sp³-hybridized carbons (Fsp3) is 0.880. The summed E-state index contributed by atoms with van der Waals surface area (Å²) in [7, 11) is 0. The van der Waals surface area contributed by atoms with Crippen molar-refractivity contribution in [3.63, 3.8) is 0 Å². The summed E-state index contributed by atoms with van der Waals surface area (Å²) >= 11 is 0. The molecule has 4 heterocycles. The zero-order valence-electron chi connectivity index (χ0n) is 22.0. The van der Waals surface area contributed by atoms with Crippen molar-refractivity contribution in [2.75, 3.05) is 6.61 Å². The molecule has 9 nitrogen and oxygen atoms in total. The molecule has 4 rings (SSSR count). The average Bonchev–Trinajstić information content (AvgIpc) is 3.13. The Bertz CT molecular complexity index is 804. The van der Waals surface area contributed by atoms with E-state index in [-0.39, 0.29) is 48.1 Å². The molecule has 0 aromatic heterocycles. The van der Waals surface area contributed by atoms with Crippen LogP contribution in [-0.4, -0.2) is 77.1 Å². The quantitative estimate of drug-likeness (QED) is 0.431. The van der Waals surface area contributed by atoms with Crippen molar-refractivity contribution in [1.82, 2.24) is 5.06 Å². The number of rotatable bonds is 5. The molecular formula is C25H41NO8. The Kier molecular flexibility index (Phi) is 6.51. The third kappa shape index (κ3) is 5.07. The highest BCUT2D eigenvalue weighted by Crippen LogP contribution is 2.45. The van der Waals surface area contributed by atoms with Gasteiger partial charge in [-0.1, -0.05) is 6.58 Å². The molecule has 194 valence electrons. The molecule has 5 atom stereocenters. The van der Waals surface area contributed by atoms with Gasteiger partial charge in [-0.15, -0.1) is 0 Å². The van der Waals surface area contributed by atoms with Gasteiger partial charge in [0.1, 0.15) is 30.5 Å². The van der Waals surface area contributed by atoms with Gasteiger partial charge in [0.05, 0.1) is 6.61 Å². The lowest BCUT2D eigenvalue weighted by Crippen LogP contribution is -2.63. The molecule has 4 fully saturated rings. The van der Waals surface area contributed by atoms with Crippen molar-refractivity contribution in [3.05, 3.63) is 12.2 Å². The highest BCUT2D eigenvalue weighted by molar-refractivity contribution is 5.87. The number of hydrogen-bond acceptors (Lipinski definition) is 9. The molecule has 34 heavy (non-hydrogen) atoms. The molecule has 0 bridgehead atoms. The fourth-order valence-electron chi connectivity index (χ4n) is 5.83. The summed E-state index contributed by atoms with van der Waals surface area (Å²) in [4.78, 5) is 18.6. The predicted molar refractivity (Wildman–Crippen MR) is 122 cm³/mol. The average molecular weight is 484 g/mol. The number of hydroxylamine groups is 2. The Hall–Kier alpha value is -1.07. The molecule has 0 unspecified atom stereocenters. The number of piperidine rings is 1. The van der Waals surface area contributed by atoms with Crippen molar-refractivity contribution < 1.29 is 38.1 Å². The molecule has 0 aromatic carbocycles. The van der Waals surface area contributed by atoms with E-state index in [4.69, 9.17) is 33.3 Å². The van der Waals surface area contributed by atoms with Crippen LogP contribution in [0.1, 0.15) is 75.2 Å². The molecule has 0 spiro atoms. The highest BCUT2D eigenvalue weighted by atomic mass is 16.9. The summed E-state index contributed by atoms with van der Waals surface area (Å²) in [6.07, 6.45) is -0.961. The summed E-state index contributed by atoms with van der Waals surface area (Å²) in [6, 6.07) is 0. The minimum absolute atomic E-state index is 0.219.